The average Bonchev–Trinajstić information content (AvgIpc) is 2.93. The number of carbonyl (C=O) groups is 2. The summed E-state index contributed by atoms with van der Waals surface area (Å²) in [5, 5.41) is 8.65. The van der Waals surface area contributed by atoms with Crippen molar-refractivity contribution in [3.05, 3.63) is 0 Å². The molecule has 1 aliphatic heterocycles. The molecule has 2 rings (SSSR count). The molecule has 5 nitrogen and oxygen atoms in total. The smallest absolute Gasteiger partial charge is 0.410 e. The molecule has 1 aliphatic carbocycles. The Morgan fingerprint density at radius 2 is 2.33 bits per heavy atom. The molecule has 0 aromatic carbocycles. The molecule has 1 saturated heterocycles. The van der Waals surface area contributed by atoms with E-state index in [1.54, 1.807) is 4.90 Å². The zero-order valence-corrected chi connectivity index (χ0v) is 8.73. The minimum Gasteiger partial charge on any atom is -0.481 e. The van der Waals surface area contributed by atoms with Gasteiger partial charge >= 0.3 is 12.1 Å². The van der Waals surface area contributed by atoms with E-state index in [0.717, 1.165) is 12.8 Å². The molecule has 2 aliphatic rings. The van der Waals surface area contributed by atoms with E-state index in [1.807, 2.05) is 6.92 Å². The van der Waals surface area contributed by atoms with Crippen LogP contribution in [0, 0.1) is 0 Å². The van der Waals surface area contributed by atoms with Crippen LogP contribution in [0.25, 0.3) is 0 Å². The molecule has 0 radical (unpaired) electrons. The molecule has 1 unspecified atom stereocenters. The molecule has 1 N–H and O–H groups in total. The molecule has 0 aromatic heterocycles. The molecule has 1 saturated carbocycles. The number of hydrogen-bond donors (Lipinski definition) is 1. The number of cyclic esters (lactones) is 1. The van der Waals surface area contributed by atoms with Crippen LogP contribution in [0.5, 0.6) is 0 Å². The highest BCUT2D eigenvalue weighted by Gasteiger charge is 2.50. The van der Waals surface area contributed by atoms with Crippen LogP contribution < -0.4 is 0 Å². The number of nitrogens with zero attached hydrogens (tertiary/aromatic N) is 1. The van der Waals surface area contributed by atoms with E-state index in [-0.39, 0.29) is 18.6 Å². The Bertz CT molecular complexity index is 300. The highest BCUT2D eigenvalue weighted by molar-refractivity contribution is 5.72. The second kappa shape index (κ2) is 3.40. The summed E-state index contributed by atoms with van der Waals surface area (Å²) in [5.74, 6) is -0.827. The van der Waals surface area contributed by atoms with Crippen LogP contribution in [-0.4, -0.2) is 40.3 Å². The van der Waals surface area contributed by atoms with E-state index in [9.17, 15) is 9.59 Å². The van der Waals surface area contributed by atoms with Crippen molar-refractivity contribution in [1.82, 2.24) is 4.90 Å². The predicted octanol–water partition coefficient (Wildman–Crippen LogP) is 1.22. The molecule has 2 fully saturated rings. The first-order chi connectivity index (χ1) is 7.03. The van der Waals surface area contributed by atoms with Crippen molar-refractivity contribution in [2.24, 2.45) is 0 Å². The normalized spacial score (nSPS) is 30.5. The molecule has 1 atom stereocenters. The predicted molar refractivity (Wildman–Crippen MR) is 51.5 cm³/mol. The van der Waals surface area contributed by atoms with Gasteiger partial charge in [-0.05, 0) is 26.2 Å². The molecule has 0 spiro atoms. The monoisotopic (exact) mass is 213 g/mol. The molecule has 1 amide bonds. The van der Waals surface area contributed by atoms with Gasteiger partial charge in [0, 0.05) is 12.5 Å². The lowest BCUT2D eigenvalue weighted by atomic mass is 9.95. The highest BCUT2D eigenvalue weighted by atomic mass is 16.6. The lowest BCUT2D eigenvalue weighted by Crippen LogP contribution is -2.46. The maximum absolute atomic E-state index is 11.5. The van der Waals surface area contributed by atoms with Gasteiger partial charge in [0.25, 0.3) is 0 Å². The average molecular weight is 213 g/mol. The molecular weight excluding hydrogens is 198 g/mol. The van der Waals surface area contributed by atoms with Gasteiger partial charge < -0.3 is 9.84 Å². The summed E-state index contributed by atoms with van der Waals surface area (Å²) in [5.41, 5.74) is -0.420. The van der Waals surface area contributed by atoms with Crippen molar-refractivity contribution in [2.45, 2.75) is 44.2 Å². The topological polar surface area (TPSA) is 66.8 Å². The van der Waals surface area contributed by atoms with E-state index in [1.165, 1.54) is 0 Å². The van der Waals surface area contributed by atoms with Crippen LogP contribution in [0.4, 0.5) is 4.79 Å². The number of hydrogen-bond acceptors (Lipinski definition) is 3. The van der Waals surface area contributed by atoms with Gasteiger partial charge in [0.15, 0.2) is 0 Å². The summed E-state index contributed by atoms with van der Waals surface area (Å²) in [4.78, 5) is 23.7. The molecule has 1 heterocycles. The Morgan fingerprint density at radius 3 is 2.87 bits per heavy atom. The van der Waals surface area contributed by atoms with Crippen LogP contribution in [0.3, 0.4) is 0 Å². The number of aliphatic carboxylic acids is 1. The summed E-state index contributed by atoms with van der Waals surface area (Å²) in [6, 6.07) is 0.277. The molecule has 5 heteroatoms. The van der Waals surface area contributed by atoms with Crippen molar-refractivity contribution in [3.63, 3.8) is 0 Å². The third-order valence-corrected chi connectivity index (χ3v) is 3.07. The van der Waals surface area contributed by atoms with Gasteiger partial charge in [-0.1, -0.05) is 0 Å². The molecule has 84 valence electrons. The van der Waals surface area contributed by atoms with Crippen LogP contribution in [-0.2, 0) is 9.53 Å². The first-order valence-corrected chi connectivity index (χ1v) is 5.21. The second-order valence-electron chi connectivity index (χ2n) is 4.55. The van der Waals surface area contributed by atoms with E-state index in [2.05, 4.69) is 0 Å². The summed E-state index contributed by atoms with van der Waals surface area (Å²) < 4.78 is 5.01. The number of ether oxygens (including phenoxy) is 1. The maximum atomic E-state index is 11.5. The fourth-order valence-electron chi connectivity index (χ4n) is 2.07. The van der Waals surface area contributed by atoms with E-state index in [4.69, 9.17) is 9.84 Å². The Hall–Kier alpha value is -1.26. The van der Waals surface area contributed by atoms with Gasteiger partial charge in [-0.15, -0.1) is 0 Å². The maximum Gasteiger partial charge on any atom is 0.410 e. The lowest BCUT2D eigenvalue weighted by molar-refractivity contribution is -0.137. The number of amides is 1. The first kappa shape index (κ1) is 10.3. The van der Waals surface area contributed by atoms with Gasteiger partial charge in [0.05, 0.1) is 5.54 Å². The molecule has 0 bridgehead atoms. The van der Waals surface area contributed by atoms with Gasteiger partial charge in [0.1, 0.15) is 6.61 Å². The van der Waals surface area contributed by atoms with Crippen molar-refractivity contribution < 1.29 is 19.4 Å². The van der Waals surface area contributed by atoms with Crippen LogP contribution >= 0.6 is 0 Å². The van der Waals surface area contributed by atoms with Gasteiger partial charge in [-0.3, -0.25) is 9.69 Å². The van der Waals surface area contributed by atoms with Crippen LogP contribution in [0.15, 0.2) is 0 Å². The lowest BCUT2D eigenvalue weighted by Gasteiger charge is -2.31. The second-order valence-corrected chi connectivity index (χ2v) is 4.55. The summed E-state index contributed by atoms with van der Waals surface area (Å²) in [7, 11) is 0. The Kier molecular flexibility index (Phi) is 2.32. The number of carbonyl (C=O) groups excluding carboxylic acids is 1. The Balaban J connectivity index is 2.04. The van der Waals surface area contributed by atoms with Crippen molar-refractivity contribution in [1.29, 1.82) is 0 Å². The third-order valence-electron chi connectivity index (χ3n) is 3.07. The Labute approximate surface area is 88.0 Å². The molecule has 0 aromatic rings. The zero-order valence-electron chi connectivity index (χ0n) is 8.73. The number of rotatable bonds is 4. The van der Waals surface area contributed by atoms with E-state index in [0.29, 0.717) is 13.0 Å². The van der Waals surface area contributed by atoms with Crippen LogP contribution in [0.1, 0.15) is 32.6 Å². The standard InChI is InChI=1S/C10H15NO4/c1-10(5-4-8(12)13)6-15-9(14)11(10)7-2-3-7/h7H,2-6H2,1H3,(H,12,13). The fraction of sp³-hybridized carbons (Fsp3) is 0.800. The van der Waals surface area contributed by atoms with Crippen LogP contribution in [0.2, 0.25) is 0 Å². The first-order valence-electron chi connectivity index (χ1n) is 5.21. The Morgan fingerprint density at radius 1 is 1.67 bits per heavy atom. The van der Waals surface area contributed by atoms with E-state index >= 15 is 0 Å². The summed E-state index contributed by atoms with van der Waals surface area (Å²) in [6.07, 6.45) is 2.28. The number of carboxylic acids is 1. The van der Waals surface area contributed by atoms with Crippen molar-refractivity contribution >= 4 is 12.1 Å². The fourth-order valence-corrected chi connectivity index (χ4v) is 2.07. The van der Waals surface area contributed by atoms with E-state index < -0.39 is 11.5 Å². The molecular formula is C10H15NO4. The largest absolute Gasteiger partial charge is 0.481 e. The van der Waals surface area contributed by atoms with Gasteiger partial charge in [0.2, 0.25) is 0 Å². The number of carboxylic acid groups (broad SMARTS) is 1. The summed E-state index contributed by atoms with van der Waals surface area (Å²) in [6.45, 7) is 2.22. The van der Waals surface area contributed by atoms with Crippen molar-refractivity contribution in [3.8, 4) is 0 Å². The van der Waals surface area contributed by atoms with Gasteiger partial charge in [-0.2, -0.15) is 0 Å². The third kappa shape index (κ3) is 1.91. The van der Waals surface area contributed by atoms with Gasteiger partial charge in [-0.25, -0.2) is 4.79 Å². The highest BCUT2D eigenvalue weighted by Crippen LogP contribution is 2.39. The SMILES string of the molecule is CC1(CCC(=O)O)COC(=O)N1C1CC1. The molecule has 15 heavy (non-hydrogen) atoms. The minimum absolute atomic E-state index is 0.0797. The summed E-state index contributed by atoms with van der Waals surface area (Å²) >= 11 is 0. The zero-order chi connectivity index (χ0) is 11.1. The van der Waals surface area contributed by atoms with Crippen molar-refractivity contribution in [2.75, 3.05) is 6.61 Å². The quantitative estimate of drug-likeness (QED) is 0.762. The minimum atomic E-state index is -0.827.